The van der Waals surface area contributed by atoms with Gasteiger partial charge in [0.15, 0.2) is 12.4 Å². The minimum Gasteiger partial charge on any atom is -0.484 e. The van der Waals surface area contributed by atoms with Gasteiger partial charge in [0.05, 0.1) is 18.7 Å². The van der Waals surface area contributed by atoms with E-state index in [0.29, 0.717) is 17.0 Å². The molecule has 3 aromatic carbocycles. The summed E-state index contributed by atoms with van der Waals surface area (Å²) in [6.45, 7) is -0.695. The molecular formula is C36H39F2N3O7S. The molecule has 260 valence electrons. The molecule has 1 aliphatic carbocycles. The summed E-state index contributed by atoms with van der Waals surface area (Å²) in [4.78, 5) is 51.4. The van der Waals surface area contributed by atoms with Gasteiger partial charge in [-0.1, -0.05) is 43.5 Å². The van der Waals surface area contributed by atoms with Gasteiger partial charge in [0.1, 0.15) is 28.7 Å². The molecule has 13 heteroatoms. The van der Waals surface area contributed by atoms with Gasteiger partial charge < -0.3 is 30.5 Å². The first-order valence-electron chi connectivity index (χ1n) is 16.2. The number of hydrogen-bond acceptors (Lipinski definition) is 8. The number of anilines is 1. The topological polar surface area (TPSA) is 145 Å². The number of β-lactam (4-membered cyclic amide) rings is 1. The zero-order chi connectivity index (χ0) is 34.9. The van der Waals surface area contributed by atoms with Crippen molar-refractivity contribution in [1.29, 1.82) is 0 Å². The van der Waals surface area contributed by atoms with E-state index in [9.17, 15) is 38.2 Å². The van der Waals surface area contributed by atoms with Gasteiger partial charge >= 0.3 is 5.97 Å². The van der Waals surface area contributed by atoms with Crippen molar-refractivity contribution in [3.8, 4) is 5.75 Å². The normalized spacial score (nSPS) is 19.1. The Hall–Kier alpha value is -4.33. The van der Waals surface area contributed by atoms with Crippen LogP contribution in [-0.4, -0.2) is 70.0 Å². The predicted octanol–water partition coefficient (Wildman–Crippen LogP) is 4.72. The van der Waals surface area contributed by atoms with Crippen LogP contribution < -0.4 is 20.3 Å². The lowest BCUT2D eigenvalue weighted by atomic mass is 9.92. The Labute approximate surface area is 287 Å². The number of ketones is 1. The number of rotatable bonds is 16. The van der Waals surface area contributed by atoms with Crippen LogP contribution in [0.5, 0.6) is 5.75 Å². The van der Waals surface area contributed by atoms with Crippen molar-refractivity contribution in [1.82, 2.24) is 10.6 Å². The molecule has 1 saturated carbocycles. The summed E-state index contributed by atoms with van der Waals surface area (Å²) in [7, 11) is 0. The number of carbonyl (C=O) groups excluding carboxylic acids is 3. The Morgan fingerprint density at radius 1 is 0.918 bits per heavy atom. The maximum absolute atomic E-state index is 13.6. The molecule has 4 N–H and O–H groups in total. The fraction of sp³-hybridized carbons (Fsp3) is 0.389. The number of aliphatic hydroxyl groups is 1. The molecule has 1 heterocycles. The number of thioether (sulfide) groups is 1. The molecule has 2 amide bonds. The highest BCUT2D eigenvalue weighted by Crippen LogP contribution is 2.46. The van der Waals surface area contributed by atoms with Crippen LogP contribution in [0.1, 0.15) is 61.8 Å². The standard InChI is InChI=1S/C36H39F2N3O7S/c37-24-10-6-22(7-11-24)31(43)21-49-34-33(41(35(34)45)27-14-12-25(38)13-15-27)23-8-16-29(17-9-23)48-20-32(44)39-19-28(42)18-30(36(46)47)40-26-4-2-1-3-5-26/h6-17,26,30-31,33-34,40,43H,1-5,18-21H2,(H,39,44)(H,46,47)/t30-,31+,33-,34-/m1/s1. The van der Waals surface area contributed by atoms with Crippen LogP contribution in [0.2, 0.25) is 0 Å². The molecule has 5 rings (SSSR count). The molecule has 10 nitrogen and oxygen atoms in total. The van der Waals surface area contributed by atoms with Crippen molar-refractivity contribution in [3.05, 3.63) is 95.6 Å². The Morgan fingerprint density at radius 3 is 2.18 bits per heavy atom. The number of aliphatic hydroxyl groups excluding tert-OH is 1. The highest BCUT2D eigenvalue weighted by Gasteiger charge is 2.49. The van der Waals surface area contributed by atoms with Gasteiger partial charge in [0.25, 0.3) is 5.91 Å². The van der Waals surface area contributed by atoms with E-state index in [4.69, 9.17) is 4.74 Å². The average Bonchev–Trinajstić information content (AvgIpc) is 3.10. The number of carbonyl (C=O) groups is 4. The lowest BCUT2D eigenvalue weighted by molar-refractivity contribution is -0.141. The molecule has 2 fully saturated rings. The van der Waals surface area contributed by atoms with Crippen LogP contribution in [0.15, 0.2) is 72.8 Å². The van der Waals surface area contributed by atoms with Crippen molar-refractivity contribution in [3.63, 3.8) is 0 Å². The summed E-state index contributed by atoms with van der Waals surface area (Å²) in [5.41, 5.74) is 1.78. The third kappa shape index (κ3) is 9.64. The van der Waals surface area contributed by atoms with E-state index in [-0.39, 0.29) is 37.3 Å². The number of ether oxygens (including phenoxy) is 1. The maximum atomic E-state index is 13.6. The van der Waals surface area contributed by atoms with E-state index >= 15 is 0 Å². The molecule has 2 aliphatic rings. The zero-order valence-electron chi connectivity index (χ0n) is 26.7. The zero-order valence-corrected chi connectivity index (χ0v) is 27.5. The number of carboxylic acid groups (broad SMARTS) is 1. The number of amides is 2. The SMILES string of the molecule is O=C(CNC(=O)COc1ccc([C@@H]2[C@@H](SC[C@H](O)c3ccc(F)cc3)C(=O)N2c2ccc(F)cc2)cc1)C[C@@H](NC1CCCCC1)C(=O)O. The second-order valence-corrected chi connectivity index (χ2v) is 13.4. The first-order valence-corrected chi connectivity index (χ1v) is 17.3. The summed E-state index contributed by atoms with van der Waals surface area (Å²) < 4.78 is 32.6. The number of halogens is 2. The molecule has 1 saturated heterocycles. The van der Waals surface area contributed by atoms with Gasteiger partial charge in [-0.15, -0.1) is 11.8 Å². The molecule has 4 atom stereocenters. The lowest BCUT2D eigenvalue weighted by Crippen LogP contribution is -2.57. The predicted molar refractivity (Wildman–Crippen MR) is 180 cm³/mol. The lowest BCUT2D eigenvalue weighted by Gasteiger charge is -2.47. The minimum atomic E-state index is -1.10. The quantitative estimate of drug-likeness (QED) is 0.157. The number of carboxylic acids is 1. The molecule has 0 spiro atoms. The van der Waals surface area contributed by atoms with E-state index in [1.54, 1.807) is 29.2 Å². The van der Waals surface area contributed by atoms with Crippen LogP contribution in [0.25, 0.3) is 0 Å². The van der Waals surface area contributed by atoms with Crippen molar-refractivity contribution in [2.45, 2.75) is 68.0 Å². The fourth-order valence-corrected chi connectivity index (χ4v) is 7.34. The van der Waals surface area contributed by atoms with Crippen LogP contribution in [0, 0.1) is 11.6 Å². The Kier molecular flexibility index (Phi) is 12.4. The monoisotopic (exact) mass is 695 g/mol. The molecule has 0 radical (unpaired) electrons. The minimum absolute atomic E-state index is 0.0677. The van der Waals surface area contributed by atoms with E-state index in [1.807, 2.05) is 0 Å². The van der Waals surface area contributed by atoms with Crippen molar-refractivity contribution >= 4 is 41.0 Å². The third-order valence-electron chi connectivity index (χ3n) is 8.69. The number of aliphatic carboxylic acids is 1. The van der Waals surface area contributed by atoms with Gasteiger partial charge in [0, 0.05) is 23.9 Å². The van der Waals surface area contributed by atoms with Gasteiger partial charge in [-0.25, -0.2) is 8.78 Å². The number of benzene rings is 3. The van der Waals surface area contributed by atoms with Gasteiger partial charge in [-0.2, -0.15) is 0 Å². The third-order valence-corrected chi connectivity index (χ3v) is 10.0. The molecule has 0 aromatic heterocycles. The van der Waals surface area contributed by atoms with Crippen LogP contribution in [-0.2, 0) is 19.2 Å². The van der Waals surface area contributed by atoms with Crippen LogP contribution >= 0.6 is 11.8 Å². The number of nitrogens with zero attached hydrogens (tertiary/aromatic N) is 1. The van der Waals surface area contributed by atoms with Crippen LogP contribution in [0.3, 0.4) is 0 Å². The summed E-state index contributed by atoms with van der Waals surface area (Å²) in [6.07, 6.45) is 3.76. The first kappa shape index (κ1) is 36.0. The van der Waals surface area contributed by atoms with E-state index in [0.717, 1.165) is 37.7 Å². The molecule has 3 aromatic rings. The summed E-state index contributed by atoms with van der Waals surface area (Å²) in [6, 6.07) is 16.5. The number of nitrogens with one attached hydrogen (secondary N) is 2. The molecule has 0 bridgehead atoms. The number of Topliss-reactive ketones (excluding diaryl/α,β-unsaturated/α-hetero) is 1. The maximum Gasteiger partial charge on any atom is 0.321 e. The Balaban J connectivity index is 1.15. The van der Waals surface area contributed by atoms with Crippen molar-refractivity contribution < 1.29 is 42.9 Å². The van der Waals surface area contributed by atoms with Crippen molar-refractivity contribution in [2.24, 2.45) is 0 Å². The highest BCUT2D eigenvalue weighted by atomic mass is 32.2. The molecule has 0 unspecified atom stereocenters. The second kappa shape index (κ2) is 16.9. The molecule has 49 heavy (non-hydrogen) atoms. The van der Waals surface area contributed by atoms with Gasteiger partial charge in [-0.05, 0) is 72.5 Å². The average molecular weight is 696 g/mol. The summed E-state index contributed by atoms with van der Waals surface area (Å²) >= 11 is 1.27. The van der Waals surface area contributed by atoms with Gasteiger partial charge in [-0.3, -0.25) is 19.2 Å². The summed E-state index contributed by atoms with van der Waals surface area (Å²) in [5.74, 6) is -2.58. The molecular weight excluding hydrogens is 656 g/mol. The number of hydrogen-bond donors (Lipinski definition) is 4. The molecule has 1 aliphatic heterocycles. The van der Waals surface area contributed by atoms with E-state index < -0.39 is 52.7 Å². The summed E-state index contributed by atoms with van der Waals surface area (Å²) in [5, 5.41) is 25.2. The Morgan fingerprint density at radius 2 is 1.55 bits per heavy atom. The highest BCUT2D eigenvalue weighted by molar-refractivity contribution is 8.00. The fourth-order valence-electron chi connectivity index (χ4n) is 6.04. The van der Waals surface area contributed by atoms with E-state index in [1.165, 1.54) is 60.3 Å². The van der Waals surface area contributed by atoms with Crippen LogP contribution in [0.4, 0.5) is 14.5 Å². The van der Waals surface area contributed by atoms with Crippen molar-refractivity contribution in [2.75, 3.05) is 23.8 Å². The van der Waals surface area contributed by atoms with E-state index in [2.05, 4.69) is 10.6 Å². The second-order valence-electron chi connectivity index (χ2n) is 12.2. The van der Waals surface area contributed by atoms with Gasteiger partial charge in [0.2, 0.25) is 5.91 Å². The smallest absolute Gasteiger partial charge is 0.321 e. The first-order chi connectivity index (χ1) is 23.6. The largest absolute Gasteiger partial charge is 0.484 e. The Bertz CT molecular complexity index is 1600.